The quantitative estimate of drug-likeness (QED) is 0.294. The lowest BCUT2D eigenvalue weighted by Gasteiger charge is -2.32. The minimum Gasteiger partial charge on any atom is -0.497 e. The van der Waals surface area contributed by atoms with E-state index in [0.29, 0.717) is 35.7 Å². The van der Waals surface area contributed by atoms with Crippen LogP contribution >= 0.6 is 0 Å². The lowest BCUT2D eigenvalue weighted by atomic mass is 10.0. The Morgan fingerprint density at radius 2 is 1.79 bits per heavy atom. The van der Waals surface area contributed by atoms with Crippen molar-refractivity contribution >= 4 is 10.9 Å². The van der Waals surface area contributed by atoms with E-state index in [2.05, 4.69) is 25.4 Å². The molecule has 0 bridgehead atoms. The van der Waals surface area contributed by atoms with Gasteiger partial charge in [0.05, 0.1) is 32.6 Å². The highest BCUT2D eigenvalue weighted by molar-refractivity contribution is 5.80. The van der Waals surface area contributed by atoms with Gasteiger partial charge in [0.15, 0.2) is 5.82 Å². The first-order chi connectivity index (χ1) is 18.8. The molecule has 0 aliphatic rings. The Morgan fingerprint density at radius 3 is 2.51 bits per heavy atom. The number of methoxy groups -OCH3 is 2. The van der Waals surface area contributed by atoms with Crippen molar-refractivity contribution in [2.75, 3.05) is 14.2 Å². The molecule has 2 aromatic carbocycles. The molecule has 0 unspecified atom stereocenters. The molecule has 1 atom stereocenters. The second-order valence-electron chi connectivity index (χ2n) is 10.4. The fourth-order valence-corrected chi connectivity index (χ4v) is 4.72. The molecular formula is C29H32N6O4. The van der Waals surface area contributed by atoms with Crippen molar-refractivity contribution in [1.29, 1.82) is 0 Å². The van der Waals surface area contributed by atoms with Crippen LogP contribution in [0.3, 0.4) is 0 Å². The highest BCUT2D eigenvalue weighted by Crippen LogP contribution is 2.33. The van der Waals surface area contributed by atoms with Gasteiger partial charge in [0.2, 0.25) is 0 Å². The second-order valence-corrected chi connectivity index (χ2v) is 10.4. The van der Waals surface area contributed by atoms with E-state index in [0.717, 1.165) is 22.5 Å². The third-order valence-corrected chi connectivity index (χ3v) is 6.57. The number of ether oxygens (including phenoxy) is 2. The van der Waals surface area contributed by atoms with E-state index in [-0.39, 0.29) is 5.56 Å². The molecular weight excluding hydrogens is 496 g/mol. The maximum atomic E-state index is 13.7. The van der Waals surface area contributed by atoms with Gasteiger partial charge in [0, 0.05) is 23.0 Å². The van der Waals surface area contributed by atoms with Gasteiger partial charge >= 0.3 is 0 Å². The molecule has 39 heavy (non-hydrogen) atoms. The van der Waals surface area contributed by atoms with Crippen LogP contribution in [0.2, 0.25) is 0 Å². The maximum Gasteiger partial charge on any atom is 0.253 e. The standard InChI is InChI=1S/C29H32N6O4/c1-29(2,3)35-27(31-32-33-35)26(24-16-20-15-22(38-5)11-12-25(20)30-28(24)36)34(18-23-10-7-13-39-23)17-19-8-6-9-21(14-19)37-4/h6-16,26H,17-18H2,1-5H3,(H,30,36)/t26-/m0/s1. The molecule has 1 N–H and O–H groups in total. The van der Waals surface area contributed by atoms with Crippen LogP contribution in [-0.2, 0) is 18.6 Å². The van der Waals surface area contributed by atoms with Crippen LogP contribution in [0.5, 0.6) is 11.5 Å². The molecule has 10 nitrogen and oxygen atoms in total. The number of fused-ring (bicyclic) bond motifs is 1. The van der Waals surface area contributed by atoms with Crippen LogP contribution in [-0.4, -0.2) is 44.3 Å². The first kappa shape index (κ1) is 26.2. The largest absolute Gasteiger partial charge is 0.497 e. The summed E-state index contributed by atoms with van der Waals surface area (Å²) in [5.41, 5.74) is 1.56. The summed E-state index contributed by atoms with van der Waals surface area (Å²) in [6.07, 6.45) is 1.64. The lowest BCUT2D eigenvalue weighted by Crippen LogP contribution is -2.37. The number of rotatable bonds is 9. The molecule has 0 fully saturated rings. The number of benzene rings is 2. The van der Waals surface area contributed by atoms with Crippen molar-refractivity contribution in [2.45, 2.75) is 45.4 Å². The van der Waals surface area contributed by atoms with Gasteiger partial charge in [-0.15, -0.1) is 5.10 Å². The molecule has 5 rings (SSSR count). The lowest BCUT2D eigenvalue weighted by molar-refractivity contribution is 0.171. The molecule has 0 spiro atoms. The Kier molecular flexibility index (Phi) is 7.21. The fraction of sp³-hybridized carbons (Fsp3) is 0.310. The first-order valence-electron chi connectivity index (χ1n) is 12.7. The number of hydrogen-bond donors (Lipinski definition) is 1. The van der Waals surface area contributed by atoms with Gasteiger partial charge in [-0.1, -0.05) is 12.1 Å². The zero-order chi connectivity index (χ0) is 27.6. The molecule has 3 aromatic heterocycles. The van der Waals surface area contributed by atoms with Crippen LogP contribution in [0.1, 0.15) is 49.5 Å². The average Bonchev–Trinajstić information content (AvgIpc) is 3.61. The highest BCUT2D eigenvalue weighted by atomic mass is 16.5. The van der Waals surface area contributed by atoms with Gasteiger partial charge in [0.25, 0.3) is 5.56 Å². The van der Waals surface area contributed by atoms with Crippen LogP contribution in [0.4, 0.5) is 0 Å². The van der Waals surface area contributed by atoms with Gasteiger partial charge < -0.3 is 18.9 Å². The molecule has 0 aliphatic heterocycles. The van der Waals surface area contributed by atoms with E-state index in [1.807, 2.05) is 81.4 Å². The van der Waals surface area contributed by atoms with Crippen molar-refractivity contribution in [2.24, 2.45) is 0 Å². The predicted molar refractivity (Wildman–Crippen MR) is 147 cm³/mol. The normalized spacial score (nSPS) is 12.7. The zero-order valence-corrected chi connectivity index (χ0v) is 22.7. The minimum absolute atomic E-state index is 0.226. The van der Waals surface area contributed by atoms with E-state index >= 15 is 0 Å². The Balaban J connectivity index is 1.73. The number of tetrazole rings is 1. The van der Waals surface area contributed by atoms with E-state index < -0.39 is 11.6 Å². The summed E-state index contributed by atoms with van der Waals surface area (Å²) < 4.78 is 18.4. The van der Waals surface area contributed by atoms with Crippen LogP contribution < -0.4 is 15.0 Å². The van der Waals surface area contributed by atoms with Crippen molar-refractivity contribution in [3.63, 3.8) is 0 Å². The summed E-state index contributed by atoms with van der Waals surface area (Å²) >= 11 is 0. The summed E-state index contributed by atoms with van der Waals surface area (Å²) in [5, 5.41) is 13.7. The molecule has 10 heteroatoms. The zero-order valence-electron chi connectivity index (χ0n) is 22.7. The molecule has 0 amide bonds. The SMILES string of the molecule is COc1cccc(CN(Cc2ccco2)[C@@H](c2cc3cc(OC)ccc3[nH]c2=O)c2nnnn2C(C)(C)C)c1. The van der Waals surface area contributed by atoms with Crippen molar-refractivity contribution in [3.05, 3.63) is 100.0 Å². The Labute approximate surface area is 226 Å². The molecule has 0 aliphatic carbocycles. The van der Waals surface area contributed by atoms with Crippen LogP contribution in [0.25, 0.3) is 10.9 Å². The number of pyridine rings is 1. The molecule has 0 saturated carbocycles. The van der Waals surface area contributed by atoms with E-state index in [9.17, 15) is 4.79 Å². The van der Waals surface area contributed by atoms with Crippen LogP contribution in [0, 0.1) is 0 Å². The number of aromatic amines is 1. The third-order valence-electron chi connectivity index (χ3n) is 6.57. The van der Waals surface area contributed by atoms with Crippen molar-refractivity contribution in [3.8, 4) is 11.5 Å². The first-order valence-corrected chi connectivity index (χ1v) is 12.7. The Hall–Kier alpha value is -4.44. The molecule has 5 aromatic rings. The van der Waals surface area contributed by atoms with E-state index in [4.69, 9.17) is 13.9 Å². The minimum atomic E-state index is -0.616. The Bertz CT molecular complexity index is 1620. The van der Waals surface area contributed by atoms with Crippen molar-refractivity contribution < 1.29 is 13.9 Å². The van der Waals surface area contributed by atoms with E-state index in [1.54, 1.807) is 25.2 Å². The van der Waals surface area contributed by atoms with E-state index in [1.165, 1.54) is 0 Å². The van der Waals surface area contributed by atoms with Crippen molar-refractivity contribution in [1.82, 2.24) is 30.1 Å². The summed E-state index contributed by atoms with van der Waals surface area (Å²) in [4.78, 5) is 18.9. The van der Waals surface area contributed by atoms with Gasteiger partial charge in [-0.05, 0) is 85.3 Å². The van der Waals surface area contributed by atoms with Gasteiger partial charge in [-0.25, -0.2) is 4.68 Å². The predicted octanol–water partition coefficient (Wildman–Crippen LogP) is 4.67. The van der Waals surface area contributed by atoms with Gasteiger partial charge in [-0.2, -0.15) is 0 Å². The summed E-state index contributed by atoms with van der Waals surface area (Å²) in [7, 11) is 3.26. The number of furan rings is 1. The number of aromatic nitrogens is 5. The number of nitrogens with one attached hydrogen (secondary N) is 1. The summed E-state index contributed by atoms with van der Waals surface area (Å²) in [6, 6.07) is 18.5. The number of nitrogens with zero attached hydrogens (tertiary/aromatic N) is 5. The third kappa shape index (κ3) is 5.56. The summed E-state index contributed by atoms with van der Waals surface area (Å²) in [6.45, 7) is 6.95. The fourth-order valence-electron chi connectivity index (χ4n) is 4.72. The van der Waals surface area contributed by atoms with Gasteiger partial charge in [0.1, 0.15) is 23.3 Å². The smallest absolute Gasteiger partial charge is 0.253 e. The number of hydrogen-bond acceptors (Lipinski definition) is 8. The monoisotopic (exact) mass is 528 g/mol. The highest BCUT2D eigenvalue weighted by Gasteiger charge is 2.34. The van der Waals surface area contributed by atoms with Crippen LogP contribution in [0.15, 0.2) is 76.1 Å². The number of H-pyrrole nitrogens is 1. The molecule has 202 valence electrons. The summed E-state index contributed by atoms with van der Waals surface area (Å²) in [5.74, 6) is 2.74. The topological polar surface area (TPSA) is 111 Å². The molecule has 3 heterocycles. The average molecular weight is 529 g/mol. The Morgan fingerprint density at radius 1 is 1.00 bits per heavy atom. The maximum absolute atomic E-state index is 13.7. The molecule has 0 saturated heterocycles. The molecule has 0 radical (unpaired) electrons. The second kappa shape index (κ2) is 10.7. The van der Waals surface area contributed by atoms with Gasteiger partial charge in [-0.3, -0.25) is 9.69 Å².